The molecule has 0 saturated heterocycles. The van der Waals surface area contributed by atoms with Crippen LogP contribution in [0.1, 0.15) is 281 Å². The van der Waals surface area contributed by atoms with Crippen molar-refractivity contribution in [2.24, 2.45) is 52.3 Å². The van der Waals surface area contributed by atoms with Crippen LogP contribution in [0.25, 0.3) is 0 Å². The Labute approximate surface area is 429 Å². The number of carbonyl (C=O) groups is 2. The molecule has 3 fully saturated rings. The molecule has 0 heterocycles. The summed E-state index contributed by atoms with van der Waals surface area (Å²) in [6, 6.07) is 0. The third-order valence-corrected chi connectivity index (χ3v) is 18.4. The molecule has 5 heteroatoms. The van der Waals surface area contributed by atoms with Crippen LogP contribution in [-0.2, 0) is 14.3 Å². The summed E-state index contributed by atoms with van der Waals surface area (Å²) in [6.45, 7) is 25.0. The molecule has 3 saturated carbocycles. The fraction of sp³-hybridized carbons (Fsp3) is 0.891. The maximum Gasteiger partial charge on any atom is 0.306 e. The second-order valence-electron chi connectivity index (χ2n) is 24.4. The first-order valence-corrected chi connectivity index (χ1v) is 30.5. The van der Waals surface area contributed by atoms with Gasteiger partial charge in [0.15, 0.2) is 0 Å². The summed E-state index contributed by atoms with van der Waals surface area (Å²) in [7, 11) is 0. The highest BCUT2D eigenvalue weighted by Crippen LogP contribution is 2.64. The Morgan fingerprint density at radius 2 is 1.23 bits per heavy atom. The molecule has 3 rings (SSSR count). The van der Waals surface area contributed by atoms with Gasteiger partial charge in [-0.3, -0.25) is 9.59 Å². The molecule has 7 unspecified atom stereocenters. The van der Waals surface area contributed by atoms with E-state index in [1.165, 1.54) is 128 Å². The van der Waals surface area contributed by atoms with Crippen LogP contribution in [-0.4, -0.2) is 54.1 Å². The molecule has 3 aliphatic carbocycles. The Bertz CT molecular complexity index is 1450. The molecule has 0 aromatic heterocycles. The van der Waals surface area contributed by atoms with Crippen LogP contribution in [0.4, 0.5) is 0 Å². The van der Waals surface area contributed by atoms with Crippen molar-refractivity contribution >= 4 is 11.8 Å². The van der Waals surface area contributed by atoms with E-state index in [2.05, 4.69) is 91.2 Å². The lowest BCUT2D eigenvalue weighted by molar-refractivity contribution is -0.150. The number of unbranched alkanes of at least 4 members (excludes halogenated alkanes) is 15. The summed E-state index contributed by atoms with van der Waals surface area (Å²) in [5.41, 5.74) is 6.21. The molecule has 0 aliphatic heterocycles. The Morgan fingerprint density at radius 3 is 1.84 bits per heavy atom. The summed E-state index contributed by atoms with van der Waals surface area (Å²) in [5.74, 6) is 5.08. The van der Waals surface area contributed by atoms with E-state index in [0.29, 0.717) is 52.6 Å². The van der Waals surface area contributed by atoms with Crippen LogP contribution < -0.4 is 0 Å². The van der Waals surface area contributed by atoms with Crippen molar-refractivity contribution in [3.8, 4) is 0 Å². The average molecular weight is 963 g/mol. The zero-order valence-corrected chi connectivity index (χ0v) is 47.3. The van der Waals surface area contributed by atoms with Gasteiger partial charge in [-0.25, -0.2) is 0 Å². The number of allylic oxidation sites excluding steroid dienone is 3. The molecule has 0 amide bonds. The summed E-state index contributed by atoms with van der Waals surface area (Å²) >= 11 is 0. The normalized spacial score (nSPS) is 25.7. The number of aliphatic hydroxyl groups is 1. The lowest BCUT2D eigenvalue weighted by Gasteiger charge is -2.53. The Balaban J connectivity index is 1.33. The van der Waals surface area contributed by atoms with Crippen molar-refractivity contribution in [2.75, 3.05) is 26.2 Å². The number of rotatable bonds is 39. The lowest BCUT2D eigenvalue weighted by Crippen LogP contribution is -2.44. The van der Waals surface area contributed by atoms with E-state index in [-0.39, 0.29) is 18.7 Å². The van der Waals surface area contributed by atoms with Gasteiger partial charge in [-0.15, -0.1) is 5.73 Å². The number of ketones is 1. The van der Waals surface area contributed by atoms with Crippen molar-refractivity contribution in [2.45, 2.75) is 287 Å². The van der Waals surface area contributed by atoms with Gasteiger partial charge >= 0.3 is 5.97 Å². The van der Waals surface area contributed by atoms with Gasteiger partial charge in [0.25, 0.3) is 0 Å². The molecular weight excluding hydrogens is 847 g/mol. The average Bonchev–Trinajstić information content (AvgIpc) is 3.69. The quantitative estimate of drug-likeness (QED) is 0.0288. The minimum absolute atomic E-state index is 0.0166. The number of hydrogen-bond acceptors (Lipinski definition) is 5. The van der Waals surface area contributed by atoms with E-state index < -0.39 is 0 Å². The number of fused-ring (bicyclic) bond motifs is 1. The Kier molecular flexibility index (Phi) is 31.7. The molecule has 69 heavy (non-hydrogen) atoms. The van der Waals surface area contributed by atoms with Gasteiger partial charge in [-0.1, -0.05) is 151 Å². The standard InChI is InChI=1S/C64H115NO4/c1-10-13-15-17-18-25-37-57(36-24-16-14-11-2)69-62(68)38-26-20-22-28-48-65(49-29-30-50-66)47-27-21-19-23-35-56(67)51-55-41-44-63(8,45-42-55)60-43-46-64(9)59(39-40-61(64)58(60)32-12-3)54(7)34-31-33-53(6)52(4)5/h32-34,52-55,57,59-61,66H,10-30,35-51H2,1-9H3/b58-32+. The predicted octanol–water partition coefficient (Wildman–Crippen LogP) is 18.2. The van der Waals surface area contributed by atoms with E-state index in [1.54, 1.807) is 0 Å². The van der Waals surface area contributed by atoms with Crippen LogP contribution in [0.2, 0.25) is 0 Å². The number of ether oxygens (including phenoxy) is 1. The van der Waals surface area contributed by atoms with Gasteiger partial charge < -0.3 is 14.7 Å². The zero-order valence-electron chi connectivity index (χ0n) is 47.3. The smallest absolute Gasteiger partial charge is 0.306 e. The zero-order chi connectivity index (χ0) is 50.3. The third-order valence-electron chi connectivity index (χ3n) is 18.4. The molecule has 1 N–H and O–H groups in total. The molecule has 7 atom stereocenters. The molecule has 0 aromatic carbocycles. The topological polar surface area (TPSA) is 66.8 Å². The monoisotopic (exact) mass is 962 g/mol. The van der Waals surface area contributed by atoms with Crippen LogP contribution in [0.3, 0.4) is 0 Å². The van der Waals surface area contributed by atoms with Crippen LogP contribution in [0.15, 0.2) is 29.5 Å². The van der Waals surface area contributed by atoms with E-state index in [0.717, 1.165) is 115 Å². The van der Waals surface area contributed by atoms with Crippen LogP contribution in [0, 0.1) is 52.3 Å². The minimum atomic E-state index is 0.0166. The van der Waals surface area contributed by atoms with Crippen molar-refractivity contribution in [3.63, 3.8) is 0 Å². The largest absolute Gasteiger partial charge is 0.462 e. The molecule has 0 radical (unpaired) electrons. The third kappa shape index (κ3) is 23.0. The Morgan fingerprint density at radius 1 is 0.667 bits per heavy atom. The van der Waals surface area contributed by atoms with Crippen molar-refractivity contribution in [1.82, 2.24) is 4.90 Å². The number of carbonyl (C=O) groups excluding carboxylic acids is 2. The summed E-state index contributed by atoms with van der Waals surface area (Å²) < 4.78 is 6.06. The minimum Gasteiger partial charge on any atom is -0.462 e. The first kappa shape index (κ1) is 61.6. The molecule has 3 aliphatic rings. The van der Waals surface area contributed by atoms with Gasteiger partial charge in [-0.05, 0) is 206 Å². The maximum atomic E-state index is 13.3. The number of esters is 1. The van der Waals surface area contributed by atoms with Gasteiger partial charge in [0.1, 0.15) is 11.9 Å². The molecule has 400 valence electrons. The lowest BCUT2D eigenvalue weighted by atomic mass is 9.52. The molecule has 0 spiro atoms. The number of Topliss-reactive ketones (excluding diaryl/α,β-unsaturated/α-hetero) is 1. The summed E-state index contributed by atoms with van der Waals surface area (Å²) in [5, 5.41) is 9.43. The fourth-order valence-corrected chi connectivity index (χ4v) is 13.4. The maximum absolute atomic E-state index is 13.3. The van der Waals surface area contributed by atoms with Gasteiger partial charge in [0.05, 0.1) is 0 Å². The highest BCUT2D eigenvalue weighted by atomic mass is 16.5. The van der Waals surface area contributed by atoms with E-state index in [1.807, 2.05) is 5.57 Å². The van der Waals surface area contributed by atoms with Crippen LogP contribution >= 0.6 is 0 Å². The van der Waals surface area contributed by atoms with E-state index >= 15 is 0 Å². The first-order chi connectivity index (χ1) is 33.3. The Hall–Kier alpha value is -1.68. The highest BCUT2D eigenvalue weighted by molar-refractivity contribution is 5.78. The van der Waals surface area contributed by atoms with Crippen molar-refractivity contribution in [3.05, 3.63) is 29.5 Å². The second kappa shape index (κ2) is 35.5. The fourth-order valence-electron chi connectivity index (χ4n) is 13.4. The molecule has 0 bridgehead atoms. The van der Waals surface area contributed by atoms with Crippen molar-refractivity contribution in [1.29, 1.82) is 0 Å². The SMILES string of the molecule is CC/C=C1\C(C2(C)CCC(CC(=O)CCCCCCN(CCCCO)CCCCCCC(=O)OC(CCCCCC)CCCCCCCC)CC2)CCC2(C)C1CCC2C(C)C=C=CC(C)C(C)C. The first-order valence-electron chi connectivity index (χ1n) is 30.5. The van der Waals surface area contributed by atoms with Gasteiger partial charge in [-0.2, -0.15) is 0 Å². The summed E-state index contributed by atoms with van der Waals surface area (Å²) in [6.07, 6.45) is 46.6. The summed E-state index contributed by atoms with van der Waals surface area (Å²) in [4.78, 5) is 28.8. The van der Waals surface area contributed by atoms with E-state index in [4.69, 9.17) is 4.74 Å². The predicted molar refractivity (Wildman–Crippen MR) is 296 cm³/mol. The highest BCUT2D eigenvalue weighted by Gasteiger charge is 2.55. The molecular formula is C64H115NO4. The number of hydrogen-bond donors (Lipinski definition) is 1. The van der Waals surface area contributed by atoms with Gasteiger partial charge in [0, 0.05) is 25.9 Å². The molecule has 5 nitrogen and oxygen atoms in total. The molecule has 0 aromatic rings. The van der Waals surface area contributed by atoms with Crippen LogP contribution in [0.5, 0.6) is 0 Å². The van der Waals surface area contributed by atoms with E-state index in [9.17, 15) is 14.7 Å². The number of aliphatic hydroxyl groups excluding tert-OH is 1. The second-order valence-corrected chi connectivity index (χ2v) is 24.4. The van der Waals surface area contributed by atoms with Gasteiger partial charge in [0.2, 0.25) is 0 Å². The number of nitrogens with zero attached hydrogens (tertiary/aromatic N) is 1. The van der Waals surface area contributed by atoms with Crippen molar-refractivity contribution < 1.29 is 19.4 Å².